The monoisotopic (exact) mass is 755 g/mol. The van der Waals surface area contributed by atoms with Crippen molar-refractivity contribution < 1.29 is 4.42 Å². The van der Waals surface area contributed by atoms with Gasteiger partial charge in [-0.25, -0.2) is 19.9 Å². The fourth-order valence-electron chi connectivity index (χ4n) is 7.86. The van der Waals surface area contributed by atoms with Crippen LogP contribution in [-0.2, 0) is 0 Å². The molecule has 6 nitrogen and oxygen atoms in total. The summed E-state index contributed by atoms with van der Waals surface area (Å²) in [7, 11) is 0. The summed E-state index contributed by atoms with van der Waals surface area (Å²) in [4.78, 5) is 24.5. The molecule has 0 unspecified atom stereocenters. The van der Waals surface area contributed by atoms with Gasteiger partial charge in [0.15, 0.2) is 17.5 Å². The van der Waals surface area contributed by atoms with Crippen LogP contribution in [0.2, 0.25) is 0 Å². The fourth-order valence-corrected chi connectivity index (χ4v) is 7.86. The van der Waals surface area contributed by atoms with Crippen molar-refractivity contribution in [2.24, 2.45) is 0 Å². The zero-order valence-electron chi connectivity index (χ0n) is 31.7. The summed E-state index contributed by atoms with van der Waals surface area (Å²) >= 11 is 0. The molecule has 0 saturated carbocycles. The first kappa shape index (κ1) is 34.2. The number of nitrogens with zero attached hydrogens (tertiary/aromatic N) is 5. The molecule has 4 aromatic heterocycles. The van der Waals surface area contributed by atoms with E-state index in [0.29, 0.717) is 23.2 Å². The molecule has 11 aromatic rings. The van der Waals surface area contributed by atoms with E-state index in [-0.39, 0.29) is 0 Å². The van der Waals surface area contributed by atoms with Gasteiger partial charge in [0.05, 0.1) is 16.4 Å². The molecule has 7 aromatic carbocycles. The van der Waals surface area contributed by atoms with Crippen molar-refractivity contribution in [1.29, 1.82) is 0 Å². The molecule has 0 aliphatic carbocycles. The Morgan fingerprint density at radius 3 is 1.41 bits per heavy atom. The van der Waals surface area contributed by atoms with Crippen molar-refractivity contribution in [2.75, 3.05) is 0 Å². The van der Waals surface area contributed by atoms with Gasteiger partial charge in [-0.3, -0.25) is 4.98 Å². The lowest BCUT2D eigenvalue weighted by atomic mass is 9.94. The molecular weight excluding hydrogens is 723 g/mol. The minimum atomic E-state index is 0.615. The van der Waals surface area contributed by atoms with Crippen LogP contribution in [0.5, 0.6) is 0 Å². The molecule has 59 heavy (non-hydrogen) atoms. The molecule has 0 N–H and O–H groups in total. The quantitative estimate of drug-likeness (QED) is 0.161. The lowest BCUT2D eigenvalue weighted by Crippen LogP contribution is -2.00. The van der Waals surface area contributed by atoms with Gasteiger partial charge in [0.2, 0.25) is 5.71 Å². The summed E-state index contributed by atoms with van der Waals surface area (Å²) in [6.07, 6.45) is 1.83. The van der Waals surface area contributed by atoms with E-state index in [0.717, 1.165) is 83.0 Å². The molecule has 276 valence electrons. The third-order valence-electron chi connectivity index (χ3n) is 10.8. The van der Waals surface area contributed by atoms with Gasteiger partial charge in [-0.15, -0.1) is 0 Å². The summed E-state index contributed by atoms with van der Waals surface area (Å²) in [5.41, 5.74) is 14.7. The van der Waals surface area contributed by atoms with E-state index in [4.69, 9.17) is 29.3 Å². The second-order valence-corrected chi connectivity index (χ2v) is 14.5. The molecule has 4 heterocycles. The Morgan fingerprint density at radius 2 is 0.797 bits per heavy atom. The van der Waals surface area contributed by atoms with E-state index in [1.807, 2.05) is 72.9 Å². The minimum absolute atomic E-state index is 0.615. The van der Waals surface area contributed by atoms with Crippen molar-refractivity contribution >= 4 is 33.1 Å². The van der Waals surface area contributed by atoms with Crippen LogP contribution in [-0.4, -0.2) is 24.9 Å². The van der Waals surface area contributed by atoms with Gasteiger partial charge in [0.1, 0.15) is 5.58 Å². The molecule has 0 amide bonds. The largest absolute Gasteiger partial charge is 0.438 e. The molecule has 0 saturated heterocycles. The highest BCUT2D eigenvalue weighted by molar-refractivity contribution is 6.17. The SMILES string of the molecule is c1ccc(-c2ccc(-c3nc(-c4ccccc4)nc(-c4ccc(-c5ccc(-c6cccc(-c7c8ncccc8nc8oc9ccccc9c78)c6)cc5)cc4)n3)cc2)cc1. The number of hydrogen-bond acceptors (Lipinski definition) is 6. The third kappa shape index (κ3) is 6.39. The molecule has 0 aliphatic rings. The Bertz CT molecular complexity index is 3290. The molecule has 0 fully saturated rings. The van der Waals surface area contributed by atoms with Crippen molar-refractivity contribution in [3.8, 4) is 78.7 Å². The van der Waals surface area contributed by atoms with Gasteiger partial charge in [-0.2, -0.15) is 0 Å². The molecule has 0 bridgehead atoms. The molecular formula is C53H33N5O. The summed E-state index contributed by atoms with van der Waals surface area (Å²) < 4.78 is 6.24. The summed E-state index contributed by atoms with van der Waals surface area (Å²) in [6.45, 7) is 0. The number of hydrogen-bond donors (Lipinski definition) is 0. The smallest absolute Gasteiger partial charge is 0.228 e. The van der Waals surface area contributed by atoms with E-state index < -0.39 is 0 Å². The second kappa shape index (κ2) is 14.4. The number of rotatable bonds is 7. The average molecular weight is 756 g/mol. The number of furan rings is 1. The molecule has 0 aliphatic heterocycles. The average Bonchev–Trinajstić information content (AvgIpc) is 3.69. The van der Waals surface area contributed by atoms with Crippen LogP contribution in [0.4, 0.5) is 0 Å². The first-order chi connectivity index (χ1) is 29.2. The zero-order valence-corrected chi connectivity index (χ0v) is 31.7. The maximum Gasteiger partial charge on any atom is 0.228 e. The number of benzene rings is 7. The van der Waals surface area contributed by atoms with Gasteiger partial charge >= 0.3 is 0 Å². The first-order valence-electron chi connectivity index (χ1n) is 19.6. The van der Waals surface area contributed by atoms with Crippen molar-refractivity contribution in [2.45, 2.75) is 0 Å². The number of aromatic nitrogens is 5. The van der Waals surface area contributed by atoms with Crippen LogP contribution in [0, 0.1) is 0 Å². The lowest BCUT2D eigenvalue weighted by molar-refractivity contribution is 0.656. The van der Waals surface area contributed by atoms with E-state index in [2.05, 4.69) is 127 Å². The van der Waals surface area contributed by atoms with Crippen molar-refractivity contribution in [1.82, 2.24) is 24.9 Å². The number of pyridine rings is 2. The summed E-state index contributed by atoms with van der Waals surface area (Å²) in [6, 6.07) is 66.6. The maximum absolute atomic E-state index is 6.24. The first-order valence-corrected chi connectivity index (χ1v) is 19.6. The number of para-hydroxylation sites is 1. The predicted molar refractivity (Wildman–Crippen MR) is 238 cm³/mol. The Hall–Kier alpha value is -8.09. The fraction of sp³-hybridized carbons (Fsp3) is 0. The molecule has 0 atom stereocenters. The molecule has 0 spiro atoms. The maximum atomic E-state index is 6.24. The predicted octanol–water partition coefficient (Wildman–Crippen LogP) is 13.4. The Balaban J connectivity index is 0.906. The standard InChI is InChI=1S/C53H33N5O/c1-3-11-34(12-4-1)35-24-28-40(29-25-35)51-56-50(39-13-5-2-6-14-39)57-52(58-51)41-30-26-37(27-31-41)36-20-22-38(23-21-36)42-15-9-16-43(33-42)47-48-44-17-7-8-19-46(44)59-53(48)55-45-18-10-32-54-49(45)47/h1-33H. The van der Waals surface area contributed by atoms with Gasteiger partial charge in [-0.05, 0) is 63.2 Å². The van der Waals surface area contributed by atoms with E-state index in [1.54, 1.807) is 0 Å². The topological polar surface area (TPSA) is 77.6 Å². The van der Waals surface area contributed by atoms with E-state index >= 15 is 0 Å². The highest BCUT2D eigenvalue weighted by Gasteiger charge is 2.19. The van der Waals surface area contributed by atoms with Gasteiger partial charge in [0, 0.05) is 33.8 Å². The third-order valence-corrected chi connectivity index (χ3v) is 10.8. The Labute approximate surface area is 340 Å². The molecule has 0 radical (unpaired) electrons. The minimum Gasteiger partial charge on any atom is -0.438 e. The molecule has 11 rings (SSSR count). The van der Waals surface area contributed by atoms with Gasteiger partial charge < -0.3 is 4.42 Å². The lowest BCUT2D eigenvalue weighted by Gasteiger charge is -2.11. The van der Waals surface area contributed by atoms with Crippen LogP contribution < -0.4 is 0 Å². The summed E-state index contributed by atoms with van der Waals surface area (Å²) in [5, 5.41) is 2.00. The van der Waals surface area contributed by atoms with Crippen LogP contribution in [0.25, 0.3) is 112 Å². The van der Waals surface area contributed by atoms with Gasteiger partial charge in [-0.1, -0.05) is 170 Å². The van der Waals surface area contributed by atoms with Gasteiger partial charge in [0.25, 0.3) is 0 Å². The number of fused-ring (bicyclic) bond motifs is 4. The van der Waals surface area contributed by atoms with E-state index in [9.17, 15) is 0 Å². The van der Waals surface area contributed by atoms with Crippen molar-refractivity contribution in [3.63, 3.8) is 0 Å². The highest BCUT2D eigenvalue weighted by Crippen LogP contribution is 2.41. The zero-order chi connectivity index (χ0) is 39.1. The normalized spacial score (nSPS) is 11.4. The highest BCUT2D eigenvalue weighted by atomic mass is 16.3. The molecule has 6 heteroatoms. The van der Waals surface area contributed by atoms with Crippen LogP contribution in [0.15, 0.2) is 205 Å². The second-order valence-electron chi connectivity index (χ2n) is 14.5. The Kier molecular flexibility index (Phi) is 8.37. The van der Waals surface area contributed by atoms with Crippen LogP contribution in [0.1, 0.15) is 0 Å². The van der Waals surface area contributed by atoms with Crippen molar-refractivity contribution in [3.05, 3.63) is 200 Å². The van der Waals surface area contributed by atoms with Crippen LogP contribution >= 0.6 is 0 Å². The van der Waals surface area contributed by atoms with E-state index in [1.165, 1.54) is 5.56 Å². The van der Waals surface area contributed by atoms with Crippen LogP contribution in [0.3, 0.4) is 0 Å². The summed E-state index contributed by atoms with van der Waals surface area (Å²) in [5.74, 6) is 1.89. The Morgan fingerprint density at radius 1 is 0.339 bits per heavy atom.